The van der Waals surface area contributed by atoms with Crippen LogP contribution < -0.4 is 15.5 Å². The Hall–Kier alpha value is -4.14. The number of para-hydroxylation sites is 1. The minimum atomic E-state index is -4.88. The summed E-state index contributed by atoms with van der Waals surface area (Å²) in [5.74, 6) is -1.80. The SMILES string of the molecule is Cc1ccc(/C=N/NC(=O)c2ccccc2NC(=O)c2cccc(OC(F)(F)F)c2)cc1. The summed E-state index contributed by atoms with van der Waals surface area (Å²) in [5.41, 5.74) is 4.49. The van der Waals surface area contributed by atoms with Crippen LogP contribution in [-0.4, -0.2) is 24.4 Å². The van der Waals surface area contributed by atoms with Crippen LogP contribution in [0.4, 0.5) is 18.9 Å². The van der Waals surface area contributed by atoms with Gasteiger partial charge in [0.1, 0.15) is 5.75 Å². The van der Waals surface area contributed by atoms with Crippen LogP contribution in [-0.2, 0) is 0 Å². The van der Waals surface area contributed by atoms with Gasteiger partial charge in [-0.05, 0) is 42.8 Å². The fourth-order valence-corrected chi connectivity index (χ4v) is 2.70. The van der Waals surface area contributed by atoms with Crippen LogP contribution in [0.25, 0.3) is 0 Å². The van der Waals surface area contributed by atoms with Crippen molar-refractivity contribution in [3.63, 3.8) is 0 Å². The number of carbonyl (C=O) groups excluding carboxylic acids is 2. The van der Waals surface area contributed by atoms with Crippen molar-refractivity contribution in [1.82, 2.24) is 5.43 Å². The van der Waals surface area contributed by atoms with Crippen LogP contribution in [0, 0.1) is 6.92 Å². The molecule has 164 valence electrons. The molecule has 0 fully saturated rings. The van der Waals surface area contributed by atoms with E-state index >= 15 is 0 Å². The summed E-state index contributed by atoms with van der Waals surface area (Å²) in [6.07, 6.45) is -3.40. The predicted molar refractivity (Wildman–Crippen MR) is 114 cm³/mol. The number of halogens is 3. The van der Waals surface area contributed by atoms with Crippen molar-refractivity contribution in [2.24, 2.45) is 5.10 Å². The third kappa shape index (κ3) is 6.43. The van der Waals surface area contributed by atoms with E-state index in [-0.39, 0.29) is 16.8 Å². The highest BCUT2D eigenvalue weighted by atomic mass is 19.4. The van der Waals surface area contributed by atoms with Crippen LogP contribution >= 0.6 is 0 Å². The third-order valence-corrected chi connectivity index (χ3v) is 4.21. The summed E-state index contributed by atoms with van der Waals surface area (Å²) in [6, 6.07) is 18.3. The molecule has 0 saturated carbocycles. The van der Waals surface area contributed by atoms with Crippen LogP contribution in [0.1, 0.15) is 31.8 Å². The van der Waals surface area contributed by atoms with Crippen molar-refractivity contribution in [1.29, 1.82) is 0 Å². The lowest BCUT2D eigenvalue weighted by Gasteiger charge is -2.12. The van der Waals surface area contributed by atoms with Crippen LogP contribution in [0.2, 0.25) is 0 Å². The van der Waals surface area contributed by atoms with Crippen molar-refractivity contribution in [3.05, 3.63) is 95.1 Å². The molecule has 0 radical (unpaired) electrons. The molecule has 3 aromatic rings. The van der Waals surface area contributed by atoms with E-state index in [9.17, 15) is 22.8 Å². The Bertz CT molecular complexity index is 1140. The number of alkyl halides is 3. The highest BCUT2D eigenvalue weighted by Gasteiger charge is 2.31. The van der Waals surface area contributed by atoms with Gasteiger partial charge >= 0.3 is 6.36 Å². The largest absolute Gasteiger partial charge is 0.573 e. The monoisotopic (exact) mass is 441 g/mol. The zero-order valence-electron chi connectivity index (χ0n) is 16.8. The molecule has 0 aliphatic rings. The van der Waals surface area contributed by atoms with Gasteiger partial charge in [0, 0.05) is 5.56 Å². The van der Waals surface area contributed by atoms with Gasteiger partial charge in [0.05, 0.1) is 17.5 Å². The molecule has 0 atom stereocenters. The van der Waals surface area contributed by atoms with Gasteiger partial charge in [0.15, 0.2) is 0 Å². The van der Waals surface area contributed by atoms with Crippen molar-refractivity contribution in [3.8, 4) is 5.75 Å². The number of aryl methyl sites for hydroxylation is 1. The van der Waals surface area contributed by atoms with Crippen LogP contribution in [0.5, 0.6) is 5.75 Å². The Kier molecular flexibility index (Phi) is 6.89. The molecule has 0 aliphatic heterocycles. The number of ether oxygens (including phenoxy) is 1. The van der Waals surface area contributed by atoms with E-state index in [2.05, 4.69) is 20.6 Å². The maximum atomic E-state index is 12.5. The highest BCUT2D eigenvalue weighted by Crippen LogP contribution is 2.24. The van der Waals surface area contributed by atoms with Gasteiger partial charge in [-0.15, -0.1) is 13.2 Å². The average Bonchev–Trinajstić information content (AvgIpc) is 2.74. The zero-order valence-corrected chi connectivity index (χ0v) is 16.8. The molecule has 32 heavy (non-hydrogen) atoms. The molecule has 0 unspecified atom stereocenters. The van der Waals surface area contributed by atoms with Crippen molar-refractivity contribution >= 4 is 23.7 Å². The number of anilines is 1. The van der Waals surface area contributed by atoms with E-state index in [0.29, 0.717) is 0 Å². The fraction of sp³-hybridized carbons (Fsp3) is 0.0870. The van der Waals surface area contributed by atoms with E-state index in [1.807, 2.05) is 31.2 Å². The maximum absolute atomic E-state index is 12.5. The molecule has 0 spiro atoms. The van der Waals surface area contributed by atoms with Gasteiger partial charge in [0.25, 0.3) is 11.8 Å². The molecule has 0 aromatic heterocycles. The maximum Gasteiger partial charge on any atom is 0.573 e. The second-order valence-electron chi connectivity index (χ2n) is 6.69. The number of nitrogens with one attached hydrogen (secondary N) is 2. The third-order valence-electron chi connectivity index (χ3n) is 4.21. The number of hydrogen-bond acceptors (Lipinski definition) is 4. The molecular weight excluding hydrogens is 423 g/mol. The molecule has 2 N–H and O–H groups in total. The molecule has 6 nitrogen and oxygen atoms in total. The van der Waals surface area contributed by atoms with Gasteiger partial charge in [-0.25, -0.2) is 5.43 Å². The van der Waals surface area contributed by atoms with Crippen LogP contribution in [0.3, 0.4) is 0 Å². The molecule has 0 bridgehead atoms. The predicted octanol–water partition coefficient (Wildman–Crippen LogP) is 4.91. The summed E-state index contributed by atoms with van der Waals surface area (Å²) >= 11 is 0. The minimum Gasteiger partial charge on any atom is -0.406 e. The normalized spacial score (nSPS) is 11.2. The first-order chi connectivity index (χ1) is 15.2. The highest BCUT2D eigenvalue weighted by molar-refractivity contribution is 6.09. The van der Waals surface area contributed by atoms with E-state index in [0.717, 1.165) is 23.3 Å². The van der Waals surface area contributed by atoms with Gasteiger partial charge in [-0.2, -0.15) is 5.10 Å². The van der Waals surface area contributed by atoms with Gasteiger partial charge in [0.2, 0.25) is 0 Å². The van der Waals surface area contributed by atoms with Gasteiger partial charge in [-0.1, -0.05) is 48.0 Å². The van der Waals surface area contributed by atoms with Crippen molar-refractivity contribution in [2.45, 2.75) is 13.3 Å². The summed E-state index contributed by atoms with van der Waals surface area (Å²) in [6.45, 7) is 1.95. The molecule has 3 rings (SSSR count). The number of rotatable bonds is 6. The summed E-state index contributed by atoms with van der Waals surface area (Å²) < 4.78 is 41.1. The smallest absolute Gasteiger partial charge is 0.406 e. The first-order valence-corrected chi connectivity index (χ1v) is 9.37. The lowest BCUT2D eigenvalue weighted by molar-refractivity contribution is -0.274. The Morgan fingerprint density at radius 1 is 0.938 bits per heavy atom. The summed E-state index contributed by atoms with van der Waals surface area (Å²) in [7, 11) is 0. The van der Waals surface area contributed by atoms with Crippen molar-refractivity contribution in [2.75, 3.05) is 5.32 Å². The van der Waals surface area contributed by atoms with E-state index < -0.39 is 23.9 Å². The van der Waals surface area contributed by atoms with Crippen LogP contribution in [0.15, 0.2) is 77.9 Å². The topological polar surface area (TPSA) is 79.8 Å². The average molecular weight is 441 g/mol. The van der Waals surface area contributed by atoms with Crippen molar-refractivity contribution < 1.29 is 27.5 Å². The number of benzene rings is 3. The second-order valence-corrected chi connectivity index (χ2v) is 6.69. The van der Waals surface area contributed by atoms with E-state index in [4.69, 9.17) is 0 Å². The first kappa shape index (κ1) is 22.5. The van der Waals surface area contributed by atoms with Gasteiger partial charge < -0.3 is 10.1 Å². The second kappa shape index (κ2) is 9.78. The Labute approximate surface area is 181 Å². The molecule has 3 aromatic carbocycles. The number of hydrogen-bond donors (Lipinski definition) is 2. The standard InChI is InChI=1S/C23H18F3N3O3/c1-15-9-11-16(12-10-15)14-27-29-22(31)19-7-2-3-8-20(19)28-21(30)17-5-4-6-18(13-17)32-23(24,25)26/h2-14H,1H3,(H,28,30)(H,29,31)/b27-14+. The lowest BCUT2D eigenvalue weighted by Crippen LogP contribution is -2.21. The molecule has 2 amide bonds. The Balaban J connectivity index is 1.71. The molecule has 9 heteroatoms. The number of amides is 2. The van der Waals surface area contributed by atoms with E-state index in [1.54, 1.807) is 12.1 Å². The first-order valence-electron chi connectivity index (χ1n) is 9.37. The minimum absolute atomic E-state index is 0.0700. The Morgan fingerprint density at radius 3 is 2.38 bits per heavy atom. The fourth-order valence-electron chi connectivity index (χ4n) is 2.70. The van der Waals surface area contributed by atoms with E-state index in [1.165, 1.54) is 30.5 Å². The molecule has 0 heterocycles. The Morgan fingerprint density at radius 2 is 1.66 bits per heavy atom. The zero-order chi connectivity index (χ0) is 23.1. The number of nitrogens with zero attached hydrogens (tertiary/aromatic N) is 1. The number of carbonyl (C=O) groups is 2. The number of hydrazone groups is 1. The molecule has 0 saturated heterocycles. The quantitative estimate of drug-likeness (QED) is 0.421. The lowest BCUT2D eigenvalue weighted by atomic mass is 10.1. The molecule has 0 aliphatic carbocycles. The summed E-state index contributed by atoms with van der Waals surface area (Å²) in [4.78, 5) is 25.0. The molecular formula is C23H18F3N3O3. The summed E-state index contributed by atoms with van der Waals surface area (Å²) in [5, 5.41) is 6.44. The van der Waals surface area contributed by atoms with Gasteiger partial charge in [-0.3, -0.25) is 9.59 Å².